The third-order valence-electron chi connectivity index (χ3n) is 9.27. The molecule has 0 bridgehead atoms. The number of hydrogen-bond acceptors (Lipinski definition) is 2. The number of thiophene rings is 1. The number of hydrogen-bond donors (Lipinski definition) is 0. The minimum absolute atomic E-state index is 1.13. The zero-order valence-electron chi connectivity index (χ0n) is 26.3. The first-order valence-electron chi connectivity index (χ1n) is 16.4. The molecule has 9 aromatic rings. The maximum atomic E-state index is 2.38. The largest absolute Gasteiger partial charge is 0.311 e. The molecule has 0 aliphatic heterocycles. The normalized spacial score (nSPS) is 11.3. The number of anilines is 3. The SMILES string of the molecule is c1ccc(N(c2ccccc2)c2ccc(-c3ccc4c(-c5cccc6ccccc56)c(-c5cccc6ccccc56)sc4c3)cc2)cc1. The summed E-state index contributed by atoms with van der Waals surface area (Å²) in [5, 5.41) is 6.37. The fraction of sp³-hybridized carbons (Fsp3) is 0. The lowest BCUT2D eigenvalue weighted by Crippen LogP contribution is -2.09. The maximum Gasteiger partial charge on any atom is 0.0462 e. The highest BCUT2D eigenvalue weighted by atomic mass is 32.1. The average molecular weight is 630 g/mol. The van der Waals surface area contributed by atoms with Gasteiger partial charge in [0.15, 0.2) is 0 Å². The van der Waals surface area contributed by atoms with Gasteiger partial charge in [0.05, 0.1) is 0 Å². The number of rotatable bonds is 6. The van der Waals surface area contributed by atoms with Crippen LogP contribution in [0.4, 0.5) is 17.1 Å². The van der Waals surface area contributed by atoms with E-state index in [1.54, 1.807) is 0 Å². The predicted octanol–water partition coefficient (Wildman–Crippen LogP) is 13.7. The third kappa shape index (κ3) is 4.95. The molecule has 0 aliphatic rings. The van der Waals surface area contributed by atoms with Crippen LogP contribution in [0.15, 0.2) is 188 Å². The van der Waals surface area contributed by atoms with Crippen molar-refractivity contribution in [2.24, 2.45) is 0 Å². The van der Waals surface area contributed by atoms with Crippen LogP contribution in [0.5, 0.6) is 0 Å². The lowest BCUT2D eigenvalue weighted by molar-refractivity contribution is 1.28. The molecule has 1 heterocycles. The molecule has 1 nitrogen and oxygen atoms in total. The second kappa shape index (κ2) is 12.0. The molecule has 0 N–H and O–H groups in total. The second-order valence-corrected chi connectivity index (χ2v) is 13.2. The van der Waals surface area contributed by atoms with Crippen molar-refractivity contribution in [2.75, 3.05) is 4.90 Å². The number of benzene rings is 8. The lowest BCUT2D eigenvalue weighted by atomic mass is 9.92. The molecule has 226 valence electrons. The highest BCUT2D eigenvalue weighted by Gasteiger charge is 2.20. The topological polar surface area (TPSA) is 3.24 Å². The molecule has 0 saturated heterocycles. The molecule has 0 unspecified atom stereocenters. The van der Waals surface area contributed by atoms with Gasteiger partial charge in [-0.15, -0.1) is 11.3 Å². The Morgan fingerprint density at radius 3 is 1.50 bits per heavy atom. The van der Waals surface area contributed by atoms with Gasteiger partial charge < -0.3 is 4.90 Å². The number of fused-ring (bicyclic) bond motifs is 3. The van der Waals surface area contributed by atoms with Crippen LogP contribution in [0.2, 0.25) is 0 Å². The standard InChI is InChI=1S/C46H31NS/c1-3-17-36(18-4-1)47(37-19-5-2-6-20-37)38-28-25-32(26-29-38)35-27-30-43-44(31-35)48-46(42-24-12-16-34-14-8-10-22-40(34)42)45(43)41-23-11-15-33-13-7-9-21-39(33)41/h1-31H. The molecule has 0 atom stereocenters. The van der Waals surface area contributed by atoms with Crippen molar-refractivity contribution in [2.45, 2.75) is 0 Å². The minimum Gasteiger partial charge on any atom is -0.311 e. The summed E-state index contributed by atoms with van der Waals surface area (Å²) in [5.41, 5.74) is 9.70. The monoisotopic (exact) mass is 629 g/mol. The Hall–Kier alpha value is -5.96. The molecule has 1 aromatic heterocycles. The molecular formula is C46H31NS. The Morgan fingerprint density at radius 1 is 0.354 bits per heavy atom. The Bertz CT molecular complexity index is 2500. The Balaban J connectivity index is 1.19. The molecule has 0 spiro atoms. The Labute approximate surface area is 284 Å². The molecule has 0 aliphatic carbocycles. The maximum absolute atomic E-state index is 2.38. The van der Waals surface area contributed by atoms with Crippen molar-refractivity contribution in [3.05, 3.63) is 188 Å². The molecule has 0 fully saturated rings. The van der Waals surface area contributed by atoms with E-state index in [1.807, 2.05) is 11.3 Å². The van der Waals surface area contributed by atoms with Gasteiger partial charge in [0.2, 0.25) is 0 Å². The van der Waals surface area contributed by atoms with Crippen LogP contribution in [-0.4, -0.2) is 0 Å². The third-order valence-corrected chi connectivity index (χ3v) is 10.5. The molecule has 0 radical (unpaired) electrons. The molecule has 0 saturated carbocycles. The van der Waals surface area contributed by atoms with Gasteiger partial charge >= 0.3 is 0 Å². The zero-order chi connectivity index (χ0) is 31.9. The van der Waals surface area contributed by atoms with Crippen LogP contribution in [0.25, 0.3) is 64.3 Å². The van der Waals surface area contributed by atoms with Crippen molar-refractivity contribution in [1.29, 1.82) is 0 Å². The summed E-state index contributed by atoms with van der Waals surface area (Å²) >= 11 is 1.90. The smallest absolute Gasteiger partial charge is 0.0462 e. The predicted molar refractivity (Wildman–Crippen MR) is 208 cm³/mol. The molecule has 2 heteroatoms. The van der Waals surface area contributed by atoms with E-state index < -0.39 is 0 Å². The van der Waals surface area contributed by atoms with Crippen molar-refractivity contribution < 1.29 is 0 Å². The van der Waals surface area contributed by atoms with Crippen molar-refractivity contribution in [3.63, 3.8) is 0 Å². The van der Waals surface area contributed by atoms with E-state index in [2.05, 4.69) is 193 Å². The van der Waals surface area contributed by atoms with Gasteiger partial charge in [-0.1, -0.05) is 146 Å². The fourth-order valence-corrected chi connectivity index (χ4v) is 8.30. The van der Waals surface area contributed by atoms with Gasteiger partial charge in [0.1, 0.15) is 0 Å². The summed E-state index contributed by atoms with van der Waals surface area (Å²) in [5.74, 6) is 0. The van der Waals surface area contributed by atoms with Gasteiger partial charge in [0, 0.05) is 43.2 Å². The van der Waals surface area contributed by atoms with E-state index >= 15 is 0 Å². The lowest BCUT2D eigenvalue weighted by Gasteiger charge is -2.25. The van der Waals surface area contributed by atoms with E-state index in [-0.39, 0.29) is 0 Å². The summed E-state index contributed by atoms with van der Waals surface area (Å²) in [6, 6.07) is 68.0. The van der Waals surface area contributed by atoms with E-state index in [9.17, 15) is 0 Å². The Morgan fingerprint density at radius 2 is 0.854 bits per heavy atom. The van der Waals surface area contributed by atoms with E-state index in [4.69, 9.17) is 0 Å². The summed E-state index contributed by atoms with van der Waals surface area (Å²) in [6.45, 7) is 0. The second-order valence-electron chi connectivity index (χ2n) is 12.1. The van der Waals surface area contributed by atoms with Gasteiger partial charge in [-0.2, -0.15) is 0 Å². The van der Waals surface area contributed by atoms with Crippen LogP contribution in [-0.2, 0) is 0 Å². The average Bonchev–Trinajstić information content (AvgIpc) is 3.54. The molecule has 48 heavy (non-hydrogen) atoms. The van der Waals surface area contributed by atoms with Crippen LogP contribution in [0.1, 0.15) is 0 Å². The van der Waals surface area contributed by atoms with Crippen molar-refractivity contribution in [3.8, 4) is 32.7 Å². The van der Waals surface area contributed by atoms with Gasteiger partial charge in [-0.25, -0.2) is 0 Å². The van der Waals surface area contributed by atoms with Crippen LogP contribution < -0.4 is 4.90 Å². The summed E-state index contributed by atoms with van der Waals surface area (Å²) in [4.78, 5) is 3.62. The zero-order valence-corrected chi connectivity index (χ0v) is 27.1. The molecule has 9 rings (SSSR count). The van der Waals surface area contributed by atoms with Gasteiger partial charge in [0.25, 0.3) is 0 Å². The molecule has 8 aromatic carbocycles. The number of para-hydroxylation sites is 2. The molecule has 0 amide bonds. The van der Waals surface area contributed by atoms with E-state index in [0.29, 0.717) is 0 Å². The van der Waals surface area contributed by atoms with Gasteiger partial charge in [-0.3, -0.25) is 0 Å². The summed E-state index contributed by atoms with van der Waals surface area (Å²) < 4.78 is 1.29. The first-order valence-corrected chi connectivity index (χ1v) is 17.2. The number of nitrogens with zero attached hydrogens (tertiary/aromatic N) is 1. The van der Waals surface area contributed by atoms with E-state index in [1.165, 1.54) is 64.3 Å². The quantitative estimate of drug-likeness (QED) is 0.177. The van der Waals surface area contributed by atoms with Crippen molar-refractivity contribution in [1.82, 2.24) is 0 Å². The first-order chi connectivity index (χ1) is 23.8. The van der Waals surface area contributed by atoms with Gasteiger partial charge in [-0.05, 0) is 80.7 Å². The summed E-state index contributed by atoms with van der Waals surface area (Å²) in [7, 11) is 0. The fourth-order valence-electron chi connectivity index (χ4n) is 7.00. The van der Waals surface area contributed by atoms with Crippen LogP contribution in [0, 0.1) is 0 Å². The van der Waals surface area contributed by atoms with Crippen molar-refractivity contribution >= 4 is 60.0 Å². The van der Waals surface area contributed by atoms with Crippen LogP contribution >= 0.6 is 11.3 Å². The molecular weight excluding hydrogens is 599 g/mol. The van der Waals surface area contributed by atoms with E-state index in [0.717, 1.165) is 17.1 Å². The van der Waals surface area contributed by atoms with Crippen LogP contribution in [0.3, 0.4) is 0 Å². The first kappa shape index (κ1) is 28.3. The summed E-state index contributed by atoms with van der Waals surface area (Å²) in [6.07, 6.45) is 0. The minimum atomic E-state index is 1.13. The Kier molecular flexibility index (Phi) is 7.07. The highest BCUT2D eigenvalue weighted by Crippen LogP contribution is 2.49. The highest BCUT2D eigenvalue weighted by molar-refractivity contribution is 7.23.